The van der Waals surface area contributed by atoms with Gasteiger partial charge in [0.2, 0.25) is 0 Å². The molecular weight excluding hydrogens is 436 g/mol. The minimum absolute atomic E-state index is 0.0141. The summed E-state index contributed by atoms with van der Waals surface area (Å²) in [5.74, 6) is 2.19. The zero-order valence-electron chi connectivity index (χ0n) is 23.9. The number of hydrogen-bond donors (Lipinski definition) is 2. The average molecular weight is 489 g/mol. The van der Waals surface area contributed by atoms with Crippen molar-refractivity contribution in [2.75, 3.05) is 13.7 Å². The van der Waals surface area contributed by atoms with Crippen LogP contribution in [-0.2, 0) is 9.53 Å². The Balaban J connectivity index is 1.80. The Morgan fingerprint density at radius 2 is 1.77 bits per heavy atom. The molecule has 4 rings (SSSR count). The zero-order valence-corrected chi connectivity index (χ0v) is 23.9. The van der Waals surface area contributed by atoms with Gasteiger partial charge in [-0.15, -0.1) is 0 Å². The van der Waals surface area contributed by atoms with Crippen LogP contribution in [0.1, 0.15) is 100 Å². The molecule has 0 aliphatic heterocycles. The van der Waals surface area contributed by atoms with E-state index in [9.17, 15) is 15.0 Å². The van der Waals surface area contributed by atoms with E-state index in [1.54, 1.807) is 12.7 Å². The molecule has 4 nitrogen and oxygen atoms in total. The van der Waals surface area contributed by atoms with Gasteiger partial charge in [-0.25, -0.2) is 0 Å². The summed E-state index contributed by atoms with van der Waals surface area (Å²) in [5, 5.41) is 20.5. The van der Waals surface area contributed by atoms with Crippen LogP contribution < -0.4 is 0 Å². The van der Waals surface area contributed by atoms with Crippen molar-refractivity contribution in [2.24, 2.45) is 56.7 Å². The van der Waals surface area contributed by atoms with E-state index in [1.165, 1.54) is 0 Å². The number of rotatable bonds is 4. The van der Waals surface area contributed by atoms with Gasteiger partial charge < -0.3 is 14.9 Å². The lowest BCUT2D eigenvalue weighted by Crippen LogP contribution is -2.64. The lowest BCUT2D eigenvalue weighted by Gasteiger charge is -2.69. The SMILES string of the molecule is COC(=O)C12CCC(C)C(C)C1C1=CCC3C(C)(C)C(C(C)(C)C(O)CO)CCC3(C)C1(C)CC2. The fourth-order valence-corrected chi connectivity index (χ4v) is 10.4. The van der Waals surface area contributed by atoms with Gasteiger partial charge in [0.1, 0.15) is 0 Å². The topological polar surface area (TPSA) is 66.8 Å². The van der Waals surface area contributed by atoms with Crippen LogP contribution in [0.2, 0.25) is 0 Å². The van der Waals surface area contributed by atoms with Crippen molar-refractivity contribution in [3.8, 4) is 0 Å². The Labute approximate surface area is 214 Å². The van der Waals surface area contributed by atoms with Crippen LogP contribution in [0.3, 0.4) is 0 Å². The minimum Gasteiger partial charge on any atom is -0.469 e. The summed E-state index contributed by atoms with van der Waals surface area (Å²) in [6, 6.07) is 0. The summed E-state index contributed by atoms with van der Waals surface area (Å²) >= 11 is 0. The van der Waals surface area contributed by atoms with E-state index in [2.05, 4.69) is 61.5 Å². The second-order valence-electron chi connectivity index (χ2n) is 14.6. The highest BCUT2D eigenvalue weighted by molar-refractivity contribution is 5.78. The molecule has 0 radical (unpaired) electrons. The van der Waals surface area contributed by atoms with Crippen molar-refractivity contribution in [3.63, 3.8) is 0 Å². The molecule has 0 aromatic rings. The van der Waals surface area contributed by atoms with Crippen molar-refractivity contribution in [3.05, 3.63) is 11.6 Å². The van der Waals surface area contributed by atoms with Gasteiger partial charge in [0.05, 0.1) is 25.2 Å². The number of aliphatic hydroxyl groups is 2. The van der Waals surface area contributed by atoms with Crippen molar-refractivity contribution in [2.45, 2.75) is 106 Å². The Bertz CT molecular complexity index is 873. The highest BCUT2D eigenvalue weighted by atomic mass is 16.5. The number of aliphatic hydroxyl groups excluding tert-OH is 2. The molecule has 4 aliphatic rings. The van der Waals surface area contributed by atoms with E-state index in [1.807, 2.05) is 0 Å². The quantitative estimate of drug-likeness (QED) is 0.355. The van der Waals surface area contributed by atoms with Crippen LogP contribution in [0.15, 0.2) is 11.6 Å². The van der Waals surface area contributed by atoms with Crippen molar-refractivity contribution in [1.82, 2.24) is 0 Å². The largest absolute Gasteiger partial charge is 0.469 e. The van der Waals surface area contributed by atoms with Crippen molar-refractivity contribution < 1.29 is 19.7 Å². The van der Waals surface area contributed by atoms with E-state index in [-0.39, 0.29) is 45.6 Å². The number of carbonyl (C=O) groups excluding carboxylic acids is 1. The Hall–Kier alpha value is -0.870. The smallest absolute Gasteiger partial charge is 0.312 e. The van der Waals surface area contributed by atoms with E-state index in [0.29, 0.717) is 23.7 Å². The van der Waals surface area contributed by atoms with E-state index in [4.69, 9.17) is 4.74 Å². The summed E-state index contributed by atoms with van der Waals surface area (Å²) in [6.07, 6.45) is 9.10. The van der Waals surface area contributed by atoms with E-state index >= 15 is 0 Å². The van der Waals surface area contributed by atoms with Gasteiger partial charge in [0, 0.05) is 0 Å². The first-order valence-electron chi connectivity index (χ1n) is 14.2. The van der Waals surface area contributed by atoms with Crippen LogP contribution in [0.4, 0.5) is 0 Å². The summed E-state index contributed by atoms with van der Waals surface area (Å²) < 4.78 is 5.49. The molecule has 3 fully saturated rings. The van der Waals surface area contributed by atoms with E-state index < -0.39 is 6.10 Å². The normalized spacial score (nSPS) is 45.9. The first-order chi connectivity index (χ1) is 16.1. The Morgan fingerprint density at radius 1 is 1.11 bits per heavy atom. The maximum Gasteiger partial charge on any atom is 0.312 e. The fourth-order valence-electron chi connectivity index (χ4n) is 10.4. The van der Waals surface area contributed by atoms with E-state index in [0.717, 1.165) is 44.9 Å². The predicted molar refractivity (Wildman–Crippen MR) is 141 cm³/mol. The number of hydrogen-bond acceptors (Lipinski definition) is 4. The number of ether oxygens (including phenoxy) is 1. The third-order valence-corrected chi connectivity index (χ3v) is 13.0. The lowest BCUT2D eigenvalue weighted by molar-refractivity contribution is -0.187. The third-order valence-electron chi connectivity index (χ3n) is 13.0. The van der Waals surface area contributed by atoms with Crippen molar-refractivity contribution in [1.29, 1.82) is 0 Å². The summed E-state index contributed by atoms with van der Waals surface area (Å²) in [7, 11) is 1.57. The van der Waals surface area contributed by atoms with Crippen LogP contribution in [-0.4, -0.2) is 36.0 Å². The third kappa shape index (κ3) is 3.47. The lowest BCUT2D eigenvalue weighted by atomic mass is 9.34. The number of fused-ring (bicyclic) bond motifs is 5. The molecule has 0 spiro atoms. The molecule has 0 saturated heterocycles. The molecular formula is C31H52O4. The van der Waals surface area contributed by atoms with Crippen LogP contribution in [0, 0.1) is 56.7 Å². The van der Waals surface area contributed by atoms with Gasteiger partial charge in [-0.2, -0.15) is 0 Å². The Kier molecular flexibility index (Phi) is 6.66. The van der Waals surface area contributed by atoms with Gasteiger partial charge in [0.15, 0.2) is 0 Å². The number of carbonyl (C=O) groups is 1. The van der Waals surface area contributed by atoms with Gasteiger partial charge in [-0.1, -0.05) is 67.0 Å². The molecule has 9 unspecified atom stereocenters. The van der Waals surface area contributed by atoms with Crippen LogP contribution in [0.25, 0.3) is 0 Å². The van der Waals surface area contributed by atoms with Gasteiger partial charge in [-0.3, -0.25) is 4.79 Å². The second-order valence-corrected chi connectivity index (χ2v) is 14.6. The molecule has 200 valence electrons. The summed E-state index contributed by atoms with van der Waals surface area (Å²) in [6.45, 7) is 18.7. The van der Waals surface area contributed by atoms with Crippen molar-refractivity contribution >= 4 is 5.97 Å². The molecule has 0 bridgehead atoms. The van der Waals surface area contributed by atoms with Gasteiger partial charge in [-0.05, 0) is 96.2 Å². The maximum atomic E-state index is 13.4. The second kappa shape index (κ2) is 8.58. The molecule has 9 atom stereocenters. The number of methoxy groups -OCH3 is 1. The summed E-state index contributed by atoms with van der Waals surface area (Å²) in [5.41, 5.74) is 1.07. The first-order valence-corrected chi connectivity index (χ1v) is 14.2. The molecule has 0 amide bonds. The molecule has 3 saturated carbocycles. The highest BCUT2D eigenvalue weighted by Crippen LogP contribution is 2.74. The van der Waals surface area contributed by atoms with Gasteiger partial charge in [0.25, 0.3) is 0 Å². The van der Waals surface area contributed by atoms with Gasteiger partial charge >= 0.3 is 5.97 Å². The maximum absolute atomic E-state index is 13.4. The monoisotopic (exact) mass is 488 g/mol. The summed E-state index contributed by atoms with van der Waals surface area (Å²) in [4.78, 5) is 13.4. The van der Waals surface area contributed by atoms with Crippen LogP contribution >= 0.6 is 0 Å². The molecule has 0 aromatic heterocycles. The highest BCUT2D eigenvalue weighted by Gasteiger charge is 2.68. The number of esters is 1. The average Bonchev–Trinajstić information content (AvgIpc) is 2.80. The first kappa shape index (κ1) is 27.2. The molecule has 0 aromatic carbocycles. The molecule has 0 heterocycles. The molecule has 4 heteroatoms. The molecule has 35 heavy (non-hydrogen) atoms. The molecule has 2 N–H and O–H groups in total. The number of allylic oxidation sites excluding steroid dienone is 2. The zero-order chi connectivity index (χ0) is 26.2. The molecule has 4 aliphatic carbocycles. The standard InChI is InChI=1S/C31H52O4/c1-19-12-15-31(26(34)35-9)17-16-29(7)21(25(31)20(19)2)10-11-23-27(3,4)22(13-14-30(23,29)8)28(5,6)24(33)18-32/h10,19-20,22-25,32-33H,11-18H2,1-9H3. The predicted octanol–water partition coefficient (Wildman–Crippen LogP) is 6.40. The fraction of sp³-hybridized carbons (Fsp3) is 0.903. The Morgan fingerprint density at radius 3 is 2.37 bits per heavy atom. The minimum atomic E-state index is -0.707. The van der Waals surface area contributed by atoms with Crippen LogP contribution in [0.5, 0.6) is 0 Å².